The van der Waals surface area contributed by atoms with Crippen LogP contribution in [-0.4, -0.2) is 31.7 Å². The van der Waals surface area contributed by atoms with Crippen molar-refractivity contribution in [3.8, 4) is 0 Å². The normalized spacial score (nSPS) is 23.9. The predicted molar refractivity (Wildman–Crippen MR) is 54.3 cm³/mol. The Hall–Kier alpha value is -0.410. The van der Waals surface area contributed by atoms with Crippen LogP contribution in [0.4, 0.5) is 0 Å². The van der Waals surface area contributed by atoms with E-state index >= 15 is 0 Å². The first kappa shape index (κ1) is 11.7. The average molecular weight is 200 g/mol. The molecule has 1 aliphatic rings. The Morgan fingerprint density at radius 3 is 2.86 bits per heavy atom. The highest BCUT2D eigenvalue weighted by molar-refractivity contribution is 5.81. The van der Waals surface area contributed by atoms with Crippen LogP contribution in [0.15, 0.2) is 0 Å². The van der Waals surface area contributed by atoms with Crippen LogP contribution < -0.4 is 0 Å². The molecule has 0 bridgehead atoms. The lowest BCUT2D eigenvalue weighted by Gasteiger charge is -2.27. The Bertz CT molecular complexity index is 199. The van der Waals surface area contributed by atoms with E-state index < -0.39 is 0 Å². The van der Waals surface area contributed by atoms with Crippen LogP contribution in [0.1, 0.15) is 33.1 Å². The molecule has 1 aliphatic heterocycles. The SMILES string of the molecule is COC(C)(C)CCC1COCCC1=O. The Balaban J connectivity index is 2.33. The van der Waals surface area contributed by atoms with Crippen molar-refractivity contribution in [2.24, 2.45) is 5.92 Å². The van der Waals surface area contributed by atoms with Crippen LogP contribution >= 0.6 is 0 Å². The van der Waals surface area contributed by atoms with Crippen molar-refractivity contribution in [3.63, 3.8) is 0 Å². The van der Waals surface area contributed by atoms with Gasteiger partial charge in [-0.25, -0.2) is 0 Å². The lowest BCUT2D eigenvalue weighted by molar-refractivity contribution is -0.131. The zero-order valence-electron chi connectivity index (χ0n) is 9.34. The topological polar surface area (TPSA) is 35.5 Å². The van der Waals surface area contributed by atoms with Gasteiger partial charge in [-0.3, -0.25) is 4.79 Å². The molecule has 1 saturated heterocycles. The summed E-state index contributed by atoms with van der Waals surface area (Å²) in [6.07, 6.45) is 2.36. The number of hydrogen-bond donors (Lipinski definition) is 0. The second-order valence-corrected chi connectivity index (χ2v) is 4.49. The molecule has 0 aromatic rings. The molecule has 0 aromatic heterocycles. The van der Waals surface area contributed by atoms with Gasteiger partial charge in [-0.2, -0.15) is 0 Å². The summed E-state index contributed by atoms with van der Waals surface area (Å²) in [5, 5.41) is 0. The van der Waals surface area contributed by atoms with Crippen molar-refractivity contribution in [2.45, 2.75) is 38.7 Å². The second kappa shape index (κ2) is 4.89. The summed E-state index contributed by atoms with van der Waals surface area (Å²) < 4.78 is 10.6. The summed E-state index contributed by atoms with van der Waals surface area (Å²) in [5.74, 6) is 0.446. The number of ketones is 1. The first-order chi connectivity index (χ1) is 6.55. The molecule has 1 fully saturated rings. The third kappa shape index (κ3) is 3.39. The zero-order chi connectivity index (χ0) is 10.6. The van der Waals surface area contributed by atoms with E-state index in [0.29, 0.717) is 25.4 Å². The third-order valence-corrected chi connectivity index (χ3v) is 2.91. The molecule has 0 spiro atoms. The summed E-state index contributed by atoms with van der Waals surface area (Å²) in [6, 6.07) is 0. The van der Waals surface area contributed by atoms with Gasteiger partial charge < -0.3 is 9.47 Å². The second-order valence-electron chi connectivity index (χ2n) is 4.49. The molecule has 1 atom stereocenters. The molecule has 1 unspecified atom stereocenters. The highest BCUT2D eigenvalue weighted by atomic mass is 16.5. The summed E-state index contributed by atoms with van der Waals surface area (Å²) in [7, 11) is 1.71. The van der Waals surface area contributed by atoms with Crippen LogP contribution in [0.3, 0.4) is 0 Å². The van der Waals surface area contributed by atoms with E-state index in [1.54, 1.807) is 7.11 Å². The summed E-state index contributed by atoms with van der Waals surface area (Å²) in [6.45, 7) is 5.28. The Kier molecular flexibility index (Phi) is 4.08. The largest absolute Gasteiger partial charge is 0.380 e. The zero-order valence-corrected chi connectivity index (χ0v) is 9.34. The molecular formula is C11H20O3. The van der Waals surface area contributed by atoms with E-state index in [1.807, 2.05) is 13.8 Å². The van der Waals surface area contributed by atoms with Crippen molar-refractivity contribution in [1.82, 2.24) is 0 Å². The predicted octanol–water partition coefficient (Wildman–Crippen LogP) is 1.80. The van der Waals surface area contributed by atoms with Gasteiger partial charge >= 0.3 is 0 Å². The Morgan fingerprint density at radius 2 is 2.29 bits per heavy atom. The molecule has 1 rings (SSSR count). The molecule has 3 heteroatoms. The maximum atomic E-state index is 11.5. The minimum absolute atomic E-state index is 0.0955. The molecule has 3 nitrogen and oxygen atoms in total. The minimum Gasteiger partial charge on any atom is -0.380 e. The third-order valence-electron chi connectivity index (χ3n) is 2.91. The van der Waals surface area contributed by atoms with Crippen LogP contribution in [0, 0.1) is 5.92 Å². The van der Waals surface area contributed by atoms with E-state index in [1.165, 1.54) is 0 Å². The van der Waals surface area contributed by atoms with E-state index in [4.69, 9.17) is 9.47 Å². The molecule has 1 heterocycles. The van der Waals surface area contributed by atoms with Gasteiger partial charge in [-0.15, -0.1) is 0 Å². The number of carbonyl (C=O) groups excluding carboxylic acids is 1. The fraction of sp³-hybridized carbons (Fsp3) is 0.909. The molecule has 0 radical (unpaired) electrons. The first-order valence-corrected chi connectivity index (χ1v) is 5.21. The fourth-order valence-corrected chi connectivity index (χ4v) is 1.56. The molecule has 0 aromatic carbocycles. The van der Waals surface area contributed by atoms with E-state index in [9.17, 15) is 4.79 Å². The van der Waals surface area contributed by atoms with Crippen molar-refractivity contribution in [1.29, 1.82) is 0 Å². The molecule has 82 valence electrons. The lowest BCUT2D eigenvalue weighted by Crippen LogP contribution is -2.30. The number of rotatable bonds is 4. The van der Waals surface area contributed by atoms with E-state index in [2.05, 4.69) is 0 Å². The van der Waals surface area contributed by atoms with Crippen molar-refractivity contribution >= 4 is 5.78 Å². The molecule has 14 heavy (non-hydrogen) atoms. The Labute approximate surface area is 85.8 Å². The lowest BCUT2D eigenvalue weighted by atomic mass is 9.90. The van der Waals surface area contributed by atoms with Crippen LogP contribution in [0.25, 0.3) is 0 Å². The highest BCUT2D eigenvalue weighted by Crippen LogP contribution is 2.22. The van der Waals surface area contributed by atoms with Crippen molar-refractivity contribution in [3.05, 3.63) is 0 Å². The van der Waals surface area contributed by atoms with Crippen molar-refractivity contribution in [2.75, 3.05) is 20.3 Å². The fourth-order valence-electron chi connectivity index (χ4n) is 1.56. The average Bonchev–Trinajstić information content (AvgIpc) is 2.17. The van der Waals surface area contributed by atoms with Gasteiger partial charge in [-0.1, -0.05) is 0 Å². The summed E-state index contributed by atoms with van der Waals surface area (Å²) in [5.41, 5.74) is -0.127. The maximum absolute atomic E-state index is 11.5. The van der Waals surface area contributed by atoms with Crippen LogP contribution in [0.5, 0.6) is 0 Å². The minimum atomic E-state index is -0.127. The number of ether oxygens (including phenoxy) is 2. The van der Waals surface area contributed by atoms with Gasteiger partial charge in [0.05, 0.1) is 18.8 Å². The van der Waals surface area contributed by atoms with Gasteiger partial charge in [0.15, 0.2) is 0 Å². The summed E-state index contributed by atoms with van der Waals surface area (Å²) in [4.78, 5) is 11.5. The van der Waals surface area contributed by atoms with Crippen molar-refractivity contribution < 1.29 is 14.3 Å². The van der Waals surface area contributed by atoms with Gasteiger partial charge in [0, 0.05) is 19.4 Å². The smallest absolute Gasteiger partial charge is 0.140 e. The molecule has 0 aliphatic carbocycles. The standard InChI is InChI=1S/C11H20O3/c1-11(2,13-3)6-4-9-8-14-7-5-10(9)12/h9H,4-8H2,1-3H3. The number of methoxy groups -OCH3 is 1. The molecule has 0 N–H and O–H groups in total. The molecule has 0 amide bonds. The van der Waals surface area contributed by atoms with E-state index in [-0.39, 0.29) is 11.5 Å². The number of Topliss-reactive ketones (excluding diaryl/α,β-unsaturated/α-hetero) is 1. The Morgan fingerprint density at radius 1 is 1.57 bits per heavy atom. The highest BCUT2D eigenvalue weighted by Gasteiger charge is 2.26. The van der Waals surface area contributed by atoms with Crippen LogP contribution in [-0.2, 0) is 14.3 Å². The van der Waals surface area contributed by atoms with E-state index in [0.717, 1.165) is 12.8 Å². The molecule has 0 saturated carbocycles. The summed E-state index contributed by atoms with van der Waals surface area (Å²) >= 11 is 0. The van der Waals surface area contributed by atoms with Gasteiger partial charge in [-0.05, 0) is 26.7 Å². The number of carbonyl (C=O) groups is 1. The maximum Gasteiger partial charge on any atom is 0.140 e. The molecular weight excluding hydrogens is 180 g/mol. The number of hydrogen-bond acceptors (Lipinski definition) is 3. The van der Waals surface area contributed by atoms with Gasteiger partial charge in [0.25, 0.3) is 0 Å². The quantitative estimate of drug-likeness (QED) is 0.694. The van der Waals surface area contributed by atoms with Gasteiger partial charge in [0.1, 0.15) is 5.78 Å². The van der Waals surface area contributed by atoms with Gasteiger partial charge in [0.2, 0.25) is 0 Å². The monoisotopic (exact) mass is 200 g/mol. The first-order valence-electron chi connectivity index (χ1n) is 5.21. The van der Waals surface area contributed by atoms with Crippen LogP contribution in [0.2, 0.25) is 0 Å².